The number of nitrogens with zero attached hydrogens (tertiary/aromatic N) is 1. The Labute approximate surface area is 99.8 Å². The first-order valence-corrected chi connectivity index (χ1v) is 5.13. The van der Waals surface area contributed by atoms with E-state index in [0.717, 1.165) is 0 Å². The third-order valence-corrected chi connectivity index (χ3v) is 2.47. The summed E-state index contributed by atoms with van der Waals surface area (Å²) in [5.74, 6) is -1.49. The highest BCUT2D eigenvalue weighted by molar-refractivity contribution is 9.10. The maximum absolute atomic E-state index is 12.9. The van der Waals surface area contributed by atoms with Gasteiger partial charge >= 0.3 is 5.97 Å². The number of benzene rings is 1. The summed E-state index contributed by atoms with van der Waals surface area (Å²) in [7, 11) is 0. The average Bonchev–Trinajstić information content (AvgIpc) is 2.23. The molecule has 0 aliphatic heterocycles. The molecule has 6 heteroatoms. The van der Waals surface area contributed by atoms with E-state index in [0.29, 0.717) is 5.56 Å². The van der Waals surface area contributed by atoms with E-state index in [-0.39, 0.29) is 11.0 Å². The number of carboxylic acid groups (broad SMARTS) is 1. The molecule has 1 atom stereocenters. The number of halogens is 2. The van der Waals surface area contributed by atoms with E-state index in [2.05, 4.69) is 21.2 Å². The quantitative estimate of drug-likeness (QED) is 0.886. The zero-order chi connectivity index (χ0) is 12.1. The number of rotatable bonds is 4. The van der Waals surface area contributed by atoms with Gasteiger partial charge in [-0.05, 0) is 33.6 Å². The molecule has 2 N–H and O–H groups in total. The van der Waals surface area contributed by atoms with Crippen molar-refractivity contribution in [2.75, 3.05) is 6.54 Å². The number of carboxylic acids is 1. The van der Waals surface area contributed by atoms with Gasteiger partial charge < -0.3 is 5.11 Å². The van der Waals surface area contributed by atoms with Crippen LogP contribution in [0.3, 0.4) is 0 Å². The van der Waals surface area contributed by atoms with Crippen LogP contribution in [0.5, 0.6) is 0 Å². The highest BCUT2D eigenvalue weighted by atomic mass is 79.9. The lowest BCUT2D eigenvalue weighted by molar-refractivity contribution is -0.136. The Morgan fingerprint density at radius 1 is 1.69 bits per heavy atom. The van der Waals surface area contributed by atoms with Crippen LogP contribution in [-0.4, -0.2) is 17.6 Å². The highest BCUT2D eigenvalue weighted by Crippen LogP contribution is 2.20. The standard InChI is InChI=1S/C10H8BrFN2O2/c11-7-3-6(1-2-8(7)12)9(4-13)14-5-10(15)16/h1-3,9,14H,5H2,(H,15,16). The highest BCUT2D eigenvalue weighted by Gasteiger charge is 2.12. The van der Waals surface area contributed by atoms with E-state index < -0.39 is 17.8 Å². The molecule has 0 amide bonds. The molecule has 0 aromatic heterocycles. The summed E-state index contributed by atoms with van der Waals surface area (Å²) in [4.78, 5) is 10.3. The first-order chi connectivity index (χ1) is 7.54. The van der Waals surface area contributed by atoms with Gasteiger partial charge in [0.25, 0.3) is 0 Å². The zero-order valence-electron chi connectivity index (χ0n) is 8.08. The average molecular weight is 287 g/mol. The van der Waals surface area contributed by atoms with Crippen molar-refractivity contribution in [3.8, 4) is 6.07 Å². The number of aliphatic carboxylic acids is 1. The van der Waals surface area contributed by atoms with Gasteiger partial charge in [-0.15, -0.1) is 0 Å². The fourth-order valence-electron chi connectivity index (χ4n) is 1.12. The Hall–Kier alpha value is -1.45. The summed E-state index contributed by atoms with van der Waals surface area (Å²) in [6.45, 7) is -0.326. The van der Waals surface area contributed by atoms with Crippen molar-refractivity contribution in [3.63, 3.8) is 0 Å². The minimum atomic E-state index is -1.05. The van der Waals surface area contributed by atoms with Gasteiger partial charge in [-0.2, -0.15) is 5.26 Å². The third-order valence-electron chi connectivity index (χ3n) is 1.86. The molecular formula is C10H8BrFN2O2. The summed E-state index contributed by atoms with van der Waals surface area (Å²) < 4.78 is 13.2. The maximum atomic E-state index is 12.9. The smallest absolute Gasteiger partial charge is 0.317 e. The van der Waals surface area contributed by atoms with E-state index in [1.807, 2.05) is 6.07 Å². The Balaban J connectivity index is 2.84. The molecule has 0 bridgehead atoms. The number of nitrogens with one attached hydrogen (secondary N) is 1. The van der Waals surface area contributed by atoms with Gasteiger partial charge in [-0.25, -0.2) is 4.39 Å². The van der Waals surface area contributed by atoms with Gasteiger partial charge in [0, 0.05) is 0 Å². The van der Waals surface area contributed by atoms with Crippen molar-refractivity contribution in [2.45, 2.75) is 6.04 Å². The van der Waals surface area contributed by atoms with Gasteiger partial charge in [-0.1, -0.05) is 6.07 Å². The lowest BCUT2D eigenvalue weighted by Gasteiger charge is -2.10. The molecule has 0 heterocycles. The van der Waals surface area contributed by atoms with E-state index in [1.54, 1.807) is 0 Å². The molecule has 1 unspecified atom stereocenters. The van der Waals surface area contributed by atoms with Crippen LogP contribution in [0.15, 0.2) is 22.7 Å². The second kappa shape index (κ2) is 5.58. The number of nitriles is 1. The van der Waals surface area contributed by atoms with Crippen LogP contribution in [0.1, 0.15) is 11.6 Å². The summed E-state index contributed by atoms with van der Waals surface area (Å²) in [6, 6.07) is 5.22. The molecule has 0 radical (unpaired) electrons. The molecule has 0 fully saturated rings. The Kier molecular flexibility index (Phi) is 4.40. The van der Waals surface area contributed by atoms with Gasteiger partial charge in [0.15, 0.2) is 0 Å². The molecule has 1 aromatic carbocycles. The molecule has 0 saturated carbocycles. The topological polar surface area (TPSA) is 73.1 Å². The summed E-state index contributed by atoms with van der Waals surface area (Å²) in [5, 5.41) is 19.8. The number of hydrogen-bond acceptors (Lipinski definition) is 3. The molecule has 0 aliphatic carbocycles. The van der Waals surface area contributed by atoms with E-state index in [9.17, 15) is 9.18 Å². The predicted molar refractivity (Wildman–Crippen MR) is 58.1 cm³/mol. The van der Waals surface area contributed by atoms with Crippen molar-refractivity contribution in [1.82, 2.24) is 5.32 Å². The molecule has 0 aliphatic rings. The van der Waals surface area contributed by atoms with Gasteiger partial charge in [0.2, 0.25) is 0 Å². The SMILES string of the molecule is N#CC(NCC(=O)O)c1ccc(F)c(Br)c1. The molecule has 16 heavy (non-hydrogen) atoms. The van der Waals surface area contributed by atoms with E-state index >= 15 is 0 Å². The molecule has 84 valence electrons. The fourth-order valence-corrected chi connectivity index (χ4v) is 1.52. The number of carbonyl (C=O) groups is 1. The molecule has 0 saturated heterocycles. The Bertz CT molecular complexity index is 445. The lowest BCUT2D eigenvalue weighted by Crippen LogP contribution is -2.26. The molecular weight excluding hydrogens is 279 g/mol. The van der Waals surface area contributed by atoms with E-state index in [4.69, 9.17) is 10.4 Å². The van der Waals surface area contributed by atoms with Crippen molar-refractivity contribution in [2.24, 2.45) is 0 Å². The first-order valence-electron chi connectivity index (χ1n) is 4.34. The van der Waals surface area contributed by atoms with Crippen molar-refractivity contribution in [3.05, 3.63) is 34.1 Å². The van der Waals surface area contributed by atoms with Crippen molar-refractivity contribution < 1.29 is 14.3 Å². The van der Waals surface area contributed by atoms with Crippen LogP contribution in [0, 0.1) is 17.1 Å². The lowest BCUT2D eigenvalue weighted by atomic mass is 10.1. The minimum absolute atomic E-state index is 0.238. The van der Waals surface area contributed by atoms with E-state index in [1.165, 1.54) is 18.2 Å². The number of hydrogen-bond donors (Lipinski definition) is 2. The second-order valence-electron chi connectivity index (χ2n) is 3.01. The minimum Gasteiger partial charge on any atom is -0.480 e. The van der Waals surface area contributed by atoms with Crippen LogP contribution < -0.4 is 5.32 Å². The van der Waals surface area contributed by atoms with Crippen molar-refractivity contribution >= 4 is 21.9 Å². The first kappa shape index (κ1) is 12.6. The van der Waals surface area contributed by atoms with Crippen LogP contribution in [0.2, 0.25) is 0 Å². The van der Waals surface area contributed by atoms with Gasteiger partial charge in [0.05, 0.1) is 17.1 Å². The van der Waals surface area contributed by atoms with Crippen LogP contribution in [0.25, 0.3) is 0 Å². The normalized spacial score (nSPS) is 11.8. The van der Waals surface area contributed by atoms with Gasteiger partial charge in [0.1, 0.15) is 11.9 Å². The molecule has 1 rings (SSSR count). The summed E-state index contributed by atoms with van der Waals surface area (Å²) in [6.07, 6.45) is 0. The summed E-state index contributed by atoms with van der Waals surface area (Å²) in [5.41, 5.74) is 0.511. The largest absolute Gasteiger partial charge is 0.480 e. The summed E-state index contributed by atoms with van der Waals surface area (Å²) >= 11 is 3.00. The van der Waals surface area contributed by atoms with Crippen LogP contribution >= 0.6 is 15.9 Å². The molecule has 1 aromatic rings. The third kappa shape index (κ3) is 3.29. The van der Waals surface area contributed by atoms with Crippen LogP contribution in [-0.2, 0) is 4.79 Å². The molecule has 4 nitrogen and oxygen atoms in total. The van der Waals surface area contributed by atoms with Crippen molar-refractivity contribution in [1.29, 1.82) is 5.26 Å². The monoisotopic (exact) mass is 286 g/mol. The predicted octanol–water partition coefficient (Wildman–Crippen LogP) is 1.83. The second-order valence-corrected chi connectivity index (χ2v) is 3.86. The maximum Gasteiger partial charge on any atom is 0.317 e. The Morgan fingerprint density at radius 2 is 2.38 bits per heavy atom. The van der Waals surface area contributed by atoms with Gasteiger partial charge in [-0.3, -0.25) is 10.1 Å². The molecule has 0 spiro atoms. The zero-order valence-corrected chi connectivity index (χ0v) is 9.66. The fraction of sp³-hybridized carbons (Fsp3) is 0.200. The van der Waals surface area contributed by atoms with Crippen LogP contribution in [0.4, 0.5) is 4.39 Å². The Morgan fingerprint density at radius 3 is 2.88 bits per heavy atom.